The molecule has 4 rings (SSSR count). The monoisotopic (exact) mass is 562 g/mol. The summed E-state index contributed by atoms with van der Waals surface area (Å²) in [4.78, 5) is 28.4. The van der Waals surface area contributed by atoms with E-state index in [4.69, 9.17) is 26.1 Å². The average molecular weight is 563 g/mol. The molecule has 0 bridgehead atoms. The van der Waals surface area contributed by atoms with E-state index in [2.05, 4.69) is 42.9 Å². The Labute approximate surface area is 235 Å². The number of methoxy groups -OCH3 is 2. The van der Waals surface area contributed by atoms with Crippen LogP contribution in [0, 0.1) is 5.82 Å². The van der Waals surface area contributed by atoms with Crippen molar-refractivity contribution < 1.29 is 18.7 Å². The van der Waals surface area contributed by atoms with Crippen LogP contribution < -0.4 is 24.6 Å². The molecule has 2 aromatic rings. The van der Waals surface area contributed by atoms with Crippen molar-refractivity contribution in [2.45, 2.75) is 84.5 Å². The number of benzene rings is 1. The SMILES string of the molecule is COc1cc(OC)c(Cl)c(N2Cc3cnc(NCCCCCN(C(C)C)C(C)C)nc3N(C3CC3)C2=O)c1F. The average Bonchev–Trinajstić information content (AvgIpc) is 3.73. The van der Waals surface area contributed by atoms with Crippen molar-refractivity contribution in [2.75, 3.05) is 42.4 Å². The van der Waals surface area contributed by atoms with E-state index in [-0.39, 0.29) is 40.8 Å². The van der Waals surface area contributed by atoms with Crippen molar-refractivity contribution in [3.05, 3.63) is 28.7 Å². The van der Waals surface area contributed by atoms with Gasteiger partial charge in [0.2, 0.25) is 5.95 Å². The lowest BCUT2D eigenvalue weighted by atomic mass is 10.1. The number of rotatable bonds is 13. The van der Waals surface area contributed by atoms with Crippen molar-refractivity contribution in [1.82, 2.24) is 14.9 Å². The Morgan fingerprint density at radius 3 is 2.44 bits per heavy atom. The number of urea groups is 1. The molecule has 1 N–H and O–H groups in total. The smallest absolute Gasteiger partial charge is 0.330 e. The van der Waals surface area contributed by atoms with Gasteiger partial charge in [0.25, 0.3) is 0 Å². The second kappa shape index (κ2) is 12.6. The van der Waals surface area contributed by atoms with Crippen LogP contribution in [0.5, 0.6) is 11.5 Å². The minimum Gasteiger partial charge on any atom is -0.495 e. The van der Waals surface area contributed by atoms with E-state index in [1.165, 1.54) is 25.2 Å². The maximum atomic E-state index is 15.4. The number of ether oxygens (including phenoxy) is 2. The van der Waals surface area contributed by atoms with Crippen LogP contribution in [0.15, 0.2) is 12.3 Å². The van der Waals surface area contributed by atoms with E-state index in [1.54, 1.807) is 11.1 Å². The number of nitrogens with zero attached hydrogens (tertiary/aromatic N) is 5. The van der Waals surface area contributed by atoms with Crippen LogP contribution in [0.4, 0.5) is 26.6 Å². The summed E-state index contributed by atoms with van der Waals surface area (Å²) in [6, 6.07) is 2.07. The van der Waals surface area contributed by atoms with Gasteiger partial charge in [-0.1, -0.05) is 18.0 Å². The molecule has 0 atom stereocenters. The first kappa shape index (κ1) is 29.1. The third kappa shape index (κ3) is 6.32. The van der Waals surface area contributed by atoms with Crippen LogP contribution in [0.1, 0.15) is 65.4 Å². The highest BCUT2D eigenvalue weighted by molar-refractivity contribution is 6.35. The van der Waals surface area contributed by atoms with Crippen LogP contribution >= 0.6 is 11.6 Å². The largest absolute Gasteiger partial charge is 0.495 e. The molecule has 2 aliphatic rings. The molecule has 1 aliphatic carbocycles. The molecule has 1 saturated carbocycles. The number of amides is 2. The Hall–Kier alpha value is -2.85. The summed E-state index contributed by atoms with van der Waals surface area (Å²) < 4.78 is 25.9. The van der Waals surface area contributed by atoms with Crippen LogP contribution in [-0.4, -0.2) is 66.3 Å². The fourth-order valence-corrected chi connectivity index (χ4v) is 5.43. The van der Waals surface area contributed by atoms with Gasteiger partial charge in [-0.15, -0.1) is 0 Å². The summed E-state index contributed by atoms with van der Waals surface area (Å²) in [7, 11) is 2.79. The van der Waals surface area contributed by atoms with E-state index in [1.807, 2.05) is 0 Å². The first-order valence-electron chi connectivity index (χ1n) is 13.7. The van der Waals surface area contributed by atoms with Crippen LogP contribution in [0.2, 0.25) is 5.02 Å². The first-order chi connectivity index (χ1) is 18.7. The molecule has 0 spiro atoms. The number of unbranched alkanes of at least 4 members (excludes halogenated alkanes) is 2. The molecule has 1 fully saturated rings. The molecule has 0 unspecified atom stereocenters. The molecule has 39 heavy (non-hydrogen) atoms. The zero-order chi connectivity index (χ0) is 28.3. The zero-order valence-electron chi connectivity index (χ0n) is 23.8. The number of fused-ring (bicyclic) bond motifs is 1. The third-order valence-corrected chi connectivity index (χ3v) is 7.64. The van der Waals surface area contributed by atoms with E-state index >= 15 is 4.39 Å². The van der Waals surface area contributed by atoms with Crippen molar-refractivity contribution in [2.24, 2.45) is 0 Å². The Bertz CT molecular complexity index is 1140. The lowest BCUT2D eigenvalue weighted by molar-refractivity contribution is 0.171. The van der Waals surface area contributed by atoms with E-state index < -0.39 is 5.82 Å². The van der Waals surface area contributed by atoms with Crippen molar-refractivity contribution in [1.29, 1.82) is 0 Å². The quantitative estimate of drug-likeness (QED) is 0.295. The van der Waals surface area contributed by atoms with Gasteiger partial charge in [-0.05, 0) is 59.9 Å². The van der Waals surface area contributed by atoms with Gasteiger partial charge in [0.15, 0.2) is 11.6 Å². The minimum absolute atomic E-state index is 0.000926. The number of halogens is 2. The molecule has 1 aliphatic heterocycles. The summed E-state index contributed by atoms with van der Waals surface area (Å²) in [6.45, 7) is 10.9. The predicted octanol–water partition coefficient (Wildman–Crippen LogP) is 6.10. The fraction of sp³-hybridized carbons (Fsp3) is 0.607. The molecule has 0 radical (unpaired) electrons. The van der Waals surface area contributed by atoms with Gasteiger partial charge in [-0.3, -0.25) is 14.7 Å². The topological polar surface area (TPSA) is 83.1 Å². The molecular weight excluding hydrogens is 523 g/mol. The third-order valence-electron chi connectivity index (χ3n) is 7.27. The summed E-state index contributed by atoms with van der Waals surface area (Å²) >= 11 is 6.50. The molecule has 214 valence electrons. The van der Waals surface area contributed by atoms with Gasteiger partial charge in [0.05, 0.1) is 20.8 Å². The van der Waals surface area contributed by atoms with Gasteiger partial charge in [-0.25, -0.2) is 14.2 Å². The van der Waals surface area contributed by atoms with E-state index in [0.29, 0.717) is 29.4 Å². The summed E-state index contributed by atoms with van der Waals surface area (Å²) in [5.41, 5.74) is 0.636. The number of hydrogen-bond donors (Lipinski definition) is 1. The Morgan fingerprint density at radius 2 is 1.82 bits per heavy atom. The van der Waals surface area contributed by atoms with Crippen molar-refractivity contribution in [3.63, 3.8) is 0 Å². The van der Waals surface area contributed by atoms with Gasteiger partial charge in [-0.2, -0.15) is 4.98 Å². The van der Waals surface area contributed by atoms with E-state index in [0.717, 1.165) is 45.2 Å². The molecule has 11 heteroatoms. The lowest BCUT2D eigenvalue weighted by Crippen LogP contribution is -2.49. The zero-order valence-corrected chi connectivity index (χ0v) is 24.5. The van der Waals surface area contributed by atoms with Crippen molar-refractivity contribution in [3.8, 4) is 11.5 Å². The Balaban J connectivity index is 1.47. The molecule has 0 saturated heterocycles. The van der Waals surface area contributed by atoms with E-state index in [9.17, 15) is 4.79 Å². The minimum atomic E-state index is -0.722. The number of nitrogens with one attached hydrogen (secondary N) is 1. The highest BCUT2D eigenvalue weighted by atomic mass is 35.5. The number of aromatic nitrogens is 2. The van der Waals surface area contributed by atoms with Crippen molar-refractivity contribution >= 4 is 35.1 Å². The summed E-state index contributed by atoms with van der Waals surface area (Å²) in [5, 5.41) is 3.32. The second-order valence-electron chi connectivity index (χ2n) is 10.7. The lowest BCUT2D eigenvalue weighted by Gasteiger charge is -2.37. The Morgan fingerprint density at radius 1 is 1.13 bits per heavy atom. The van der Waals surface area contributed by atoms with Gasteiger partial charge < -0.3 is 14.8 Å². The fourth-order valence-electron chi connectivity index (χ4n) is 5.12. The molecule has 2 heterocycles. The highest BCUT2D eigenvalue weighted by Gasteiger charge is 2.43. The number of anilines is 3. The van der Waals surface area contributed by atoms with Gasteiger partial charge in [0, 0.05) is 42.5 Å². The standard InChI is InChI=1S/C28H40ClFN6O3/c1-17(2)34(18(3)4)13-9-7-8-12-31-27-32-15-19-16-35(28(37)36(20-10-11-20)26(19)33-27)25-23(29)21(38-5)14-22(39-6)24(25)30/h14-15,17-18,20H,7-13,16H2,1-6H3,(H,31,32,33). The number of carbonyl (C=O) groups excluding carboxylic acids is 1. The maximum Gasteiger partial charge on any atom is 0.330 e. The summed E-state index contributed by atoms with van der Waals surface area (Å²) in [6.07, 6.45) is 6.65. The molecule has 1 aromatic carbocycles. The molecule has 2 amide bonds. The maximum absolute atomic E-state index is 15.4. The molecular formula is C28H40ClFN6O3. The molecule has 9 nitrogen and oxygen atoms in total. The van der Waals surface area contributed by atoms with Gasteiger partial charge >= 0.3 is 6.03 Å². The van der Waals surface area contributed by atoms with Gasteiger partial charge in [0.1, 0.15) is 22.3 Å². The van der Waals surface area contributed by atoms with Crippen LogP contribution in [0.3, 0.4) is 0 Å². The normalized spacial score (nSPS) is 15.4. The van der Waals surface area contributed by atoms with Crippen LogP contribution in [-0.2, 0) is 6.54 Å². The molecule has 1 aromatic heterocycles. The van der Waals surface area contributed by atoms with Crippen LogP contribution in [0.25, 0.3) is 0 Å². The Kier molecular flexibility index (Phi) is 9.38. The summed E-state index contributed by atoms with van der Waals surface area (Å²) in [5.74, 6) is 0.490. The predicted molar refractivity (Wildman–Crippen MR) is 153 cm³/mol. The first-order valence-corrected chi connectivity index (χ1v) is 14.1. The number of hydrogen-bond acceptors (Lipinski definition) is 7. The number of carbonyl (C=O) groups is 1. The second-order valence-corrected chi connectivity index (χ2v) is 11.1. The highest BCUT2D eigenvalue weighted by Crippen LogP contribution is 2.46.